The molecule has 0 rings (SSSR count). The molecular formula is C9H16O2. The fraction of sp³-hybridized carbons (Fsp3) is 0.778. The summed E-state index contributed by atoms with van der Waals surface area (Å²) in [5.74, 6) is -0.175. The van der Waals surface area contributed by atoms with E-state index in [1.165, 1.54) is 0 Å². The van der Waals surface area contributed by atoms with Gasteiger partial charge in [0.05, 0.1) is 5.92 Å². The Balaban J connectivity index is 3.68. The highest BCUT2D eigenvalue weighted by molar-refractivity contribution is 5.77. The summed E-state index contributed by atoms with van der Waals surface area (Å²) >= 11 is 0. The molecule has 1 unspecified atom stereocenters. The molecule has 2 heteroatoms. The van der Waals surface area contributed by atoms with Gasteiger partial charge in [-0.1, -0.05) is 26.7 Å². The molecule has 0 aromatic rings. The first-order chi connectivity index (χ1) is 5.26. The third-order valence-electron chi connectivity index (χ3n) is 1.98. The van der Waals surface area contributed by atoms with Crippen LogP contribution in [0.4, 0.5) is 0 Å². The summed E-state index contributed by atoms with van der Waals surface area (Å²) in [5.41, 5.74) is 0. The smallest absolute Gasteiger partial charge is 0.130 e. The van der Waals surface area contributed by atoms with Gasteiger partial charge in [-0.15, -0.1) is 0 Å². The van der Waals surface area contributed by atoms with E-state index in [4.69, 9.17) is 0 Å². The van der Waals surface area contributed by atoms with Gasteiger partial charge in [-0.3, -0.25) is 0 Å². The summed E-state index contributed by atoms with van der Waals surface area (Å²) < 4.78 is 0. The molecule has 0 aliphatic heterocycles. The van der Waals surface area contributed by atoms with Gasteiger partial charge in [0.15, 0.2) is 0 Å². The molecule has 0 aliphatic carbocycles. The molecule has 64 valence electrons. The first-order valence-electron chi connectivity index (χ1n) is 4.16. The van der Waals surface area contributed by atoms with Gasteiger partial charge in [0.2, 0.25) is 0 Å². The molecule has 0 spiro atoms. The summed E-state index contributed by atoms with van der Waals surface area (Å²) in [6, 6.07) is 0. The van der Waals surface area contributed by atoms with Crippen molar-refractivity contribution in [2.75, 3.05) is 0 Å². The van der Waals surface area contributed by atoms with Crippen molar-refractivity contribution in [1.29, 1.82) is 0 Å². The maximum Gasteiger partial charge on any atom is 0.130 e. The van der Waals surface area contributed by atoms with Crippen molar-refractivity contribution in [1.82, 2.24) is 0 Å². The first kappa shape index (κ1) is 10.3. The second-order valence-corrected chi connectivity index (χ2v) is 2.97. The van der Waals surface area contributed by atoms with Crippen LogP contribution in [0.3, 0.4) is 0 Å². The fourth-order valence-corrected chi connectivity index (χ4v) is 1.02. The topological polar surface area (TPSA) is 34.1 Å². The number of unbranched alkanes of at least 4 members (excludes halogenated alkanes) is 1. The molecule has 0 N–H and O–H groups in total. The van der Waals surface area contributed by atoms with Crippen LogP contribution in [0.15, 0.2) is 0 Å². The summed E-state index contributed by atoms with van der Waals surface area (Å²) in [4.78, 5) is 20.6. The van der Waals surface area contributed by atoms with E-state index in [9.17, 15) is 9.59 Å². The van der Waals surface area contributed by atoms with E-state index in [-0.39, 0.29) is 11.8 Å². The SMILES string of the molecule is CCCCC(C)C(C=O)C=O. The lowest BCUT2D eigenvalue weighted by Crippen LogP contribution is -2.14. The van der Waals surface area contributed by atoms with Crippen LogP contribution >= 0.6 is 0 Å². The minimum absolute atomic E-state index is 0.213. The van der Waals surface area contributed by atoms with Crippen LogP contribution in [0.1, 0.15) is 33.1 Å². The highest BCUT2D eigenvalue weighted by Crippen LogP contribution is 2.14. The fourth-order valence-electron chi connectivity index (χ4n) is 1.02. The number of rotatable bonds is 6. The van der Waals surface area contributed by atoms with Gasteiger partial charge >= 0.3 is 0 Å². The molecule has 0 aromatic carbocycles. The first-order valence-corrected chi connectivity index (χ1v) is 4.16. The van der Waals surface area contributed by atoms with Gasteiger partial charge in [0.1, 0.15) is 12.6 Å². The molecule has 0 saturated carbocycles. The normalized spacial score (nSPS) is 13.0. The van der Waals surface area contributed by atoms with E-state index < -0.39 is 0 Å². The van der Waals surface area contributed by atoms with Gasteiger partial charge in [0, 0.05) is 0 Å². The lowest BCUT2D eigenvalue weighted by molar-refractivity contribution is -0.121. The minimum Gasteiger partial charge on any atom is -0.303 e. The van der Waals surface area contributed by atoms with Crippen LogP contribution in [0, 0.1) is 11.8 Å². The number of carbonyl (C=O) groups is 2. The van der Waals surface area contributed by atoms with Crippen LogP contribution in [0.5, 0.6) is 0 Å². The maximum absolute atomic E-state index is 10.3. The summed E-state index contributed by atoms with van der Waals surface area (Å²) in [6.45, 7) is 4.05. The van der Waals surface area contributed by atoms with Crippen LogP contribution < -0.4 is 0 Å². The Morgan fingerprint density at radius 3 is 2.18 bits per heavy atom. The Labute approximate surface area is 68.0 Å². The van der Waals surface area contributed by atoms with Gasteiger partial charge in [-0.25, -0.2) is 0 Å². The van der Waals surface area contributed by atoms with E-state index in [2.05, 4.69) is 6.92 Å². The van der Waals surface area contributed by atoms with Crippen LogP contribution in [0.25, 0.3) is 0 Å². The summed E-state index contributed by atoms with van der Waals surface area (Å²) in [7, 11) is 0. The minimum atomic E-state index is -0.387. The van der Waals surface area contributed by atoms with E-state index in [0.717, 1.165) is 31.8 Å². The number of hydrogen-bond acceptors (Lipinski definition) is 2. The molecule has 0 aliphatic rings. The van der Waals surface area contributed by atoms with E-state index in [1.54, 1.807) is 0 Å². The molecule has 0 bridgehead atoms. The van der Waals surface area contributed by atoms with Gasteiger partial charge < -0.3 is 9.59 Å². The zero-order valence-corrected chi connectivity index (χ0v) is 7.25. The molecule has 0 saturated heterocycles. The van der Waals surface area contributed by atoms with Gasteiger partial charge in [-0.2, -0.15) is 0 Å². The Morgan fingerprint density at radius 2 is 1.82 bits per heavy atom. The monoisotopic (exact) mass is 156 g/mol. The predicted molar refractivity (Wildman–Crippen MR) is 44.3 cm³/mol. The Morgan fingerprint density at radius 1 is 1.27 bits per heavy atom. The largest absolute Gasteiger partial charge is 0.303 e. The number of aldehydes is 2. The molecule has 11 heavy (non-hydrogen) atoms. The Bertz CT molecular complexity index is 113. The highest BCUT2D eigenvalue weighted by Gasteiger charge is 2.14. The third kappa shape index (κ3) is 3.91. The average Bonchev–Trinajstić information content (AvgIpc) is 2.03. The molecule has 0 heterocycles. The maximum atomic E-state index is 10.3. The van der Waals surface area contributed by atoms with Gasteiger partial charge in [0.25, 0.3) is 0 Å². The lowest BCUT2D eigenvalue weighted by Gasteiger charge is -2.11. The Hall–Kier alpha value is -0.660. The second kappa shape index (κ2) is 6.08. The van der Waals surface area contributed by atoms with Crippen molar-refractivity contribution in [3.63, 3.8) is 0 Å². The summed E-state index contributed by atoms with van der Waals surface area (Å²) in [6.07, 6.45) is 4.67. The lowest BCUT2D eigenvalue weighted by atomic mass is 9.92. The van der Waals surface area contributed by atoms with Crippen molar-refractivity contribution in [2.45, 2.75) is 33.1 Å². The second-order valence-electron chi connectivity index (χ2n) is 2.97. The predicted octanol–water partition coefficient (Wildman–Crippen LogP) is 1.83. The molecule has 1 atom stereocenters. The van der Waals surface area contributed by atoms with Crippen LogP contribution in [-0.4, -0.2) is 12.6 Å². The van der Waals surface area contributed by atoms with E-state index in [1.807, 2.05) is 6.92 Å². The van der Waals surface area contributed by atoms with Crippen LogP contribution in [0.2, 0.25) is 0 Å². The quantitative estimate of drug-likeness (QED) is 0.434. The molecule has 0 radical (unpaired) electrons. The molecule has 0 fully saturated rings. The highest BCUT2D eigenvalue weighted by atomic mass is 16.1. The van der Waals surface area contributed by atoms with Crippen molar-refractivity contribution < 1.29 is 9.59 Å². The average molecular weight is 156 g/mol. The zero-order valence-electron chi connectivity index (χ0n) is 7.25. The molecule has 2 nitrogen and oxygen atoms in total. The van der Waals surface area contributed by atoms with Crippen molar-refractivity contribution in [3.8, 4) is 0 Å². The zero-order chi connectivity index (χ0) is 8.69. The third-order valence-corrected chi connectivity index (χ3v) is 1.98. The van der Waals surface area contributed by atoms with Crippen LogP contribution in [-0.2, 0) is 9.59 Å². The standard InChI is InChI=1S/C9H16O2/c1-3-4-5-8(2)9(6-10)7-11/h6-9H,3-5H2,1-2H3. The van der Waals surface area contributed by atoms with E-state index >= 15 is 0 Å². The number of hydrogen-bond donors (Lipinski definition) is 0. The van der Waals surface area contributed by atoms with E-state index in [0.29, 0.717) is 0 Å². The number of carbonyl (C=O) groups excluding carboxylic acids is 2. The molecular weight excluding hydrogens is 140 g/mol. The van der Waals surface area contributed by atoms with Gasteiger partial charge in [-0.05, 0) is 12.3 Å². The van der Waals surface area contributed by atoms with Crippen molar-refractivity contribution in [3.05, 3.63) is 0 Å². The molecule has 0 aromatic heterocycles. The summed E-state index contributed by atoms with van der Waals surface area (Å²) in [5, 5.41) is 0. The van der Waals surface area contributed by atoms with Crippen molar-refractivity contribution >= 4 is 12.6 Å². The Kier molecular flexibility index (Phi) is 5.71. The molecule has 0 amide bonds. The van der Waals surface area contributed by atoms with Crippen molar-refractivity contribution in [2.24, 2.45) is 11.8 Å².